The number of allylic oxidation sites excluding steroid dienone is 1. The Morgan fingerprint density at radius 1 is 1.29 bits per heavy atom. The van der Waals surface area contributed by atoms with Gasteiger partial charge in [0.25, 0.3) is 0 Å². The number of fused-ring (bicyclic) bond motifs is 2. The molecule has 1 aromatic carbocycles. The van der Waals surface area contributed by atoms with Crippen LogP contribution in [-0.2, 0) is 11.8 Å². The lowest BCUT2D eigenvalue weighted by atomic mass is 9.85. The molecule has 2 heterocycles. The summed E-state index contributed by atoms with van der Waals surface area (Å²) in [5.41, 5.74) is -0.756. The van der Waals surface area contributed by atoms with E-state index >= 15 is 0 Å². The zero-order valence-electron chi connectivity index (χ0n) is 14.3. The molecule has 0 spiro atoms. The molecule has 0 saturated heterocycles. The van der Waals surface area contributed by atoms with Gasteiger partial charge in [-0.2, -0.15) is 0 Å². The largest absolute Gasteiger partial charge is 0.502 e. The van der Waals surface area contributed by atoms with Gasteiger partial charge in [0, 0.05) is 28.3 Å². The number of phenols is 1. The van der Waals surface area contributed by atoms with Gasteiger partial charge in [0.1, 0.15) is 6.10 Å². The van der Waals surface area contributed by atoms with Crippen LogP contribution in [0, 0.1) is 0 Å². The second-order valence-electron chi connectivity index (χ2n) is 7.47. The van der Waals surface area contributed by atoms with Gasteiger partial charge >= 0.3 is 5.63 Å². The Bertz CT molecular complexity index is 883. The normalized spacial score (nSPS) is 17.6. The highest BCUT2D eigenvalue weighted by Crippen LogP contribution is 2.44. The third-order valence-electron chi connectivity index (χ3n) is 4.69. The number of hydrogen-bond acceptors (Lipinski definition) is 5. The first-order valence-corrected chi connectivity index (χ1v) is 7.90. The summed E-state index contributed by atoms with van der Waals surface area (Å²) in [5.74, 6) is 0.0721. The van der Waals surface area contributed by atoms with Crippen LogP contribution in [0.3, 0.4) is 0 Å². The van der Waals surface area contributed by atoms with Crippen molar-refractivity contribution in [1.29, 1.82) is 0 Å². The summed E-state index contributed by atoms with van der Waals surface area (Å²) in [6, 6.07) is 3.56. The Morgan fingerprint density at radius 2 is 1.96 bits per heavy atom. The van der Waals surface area contributed by atoms with Crippen LogP contribution in [0.1, 0.15) is 38.8 Å². The SMILES string of the molecule is C=CC(C)(C)c1cc2cc3c(c(O)c2oc1=O)OC(C(C)(C)O)C3. The average molecular weight is 330 g/mol. The predicted octanol–water partition coefficient (Wildman–Crippen LogP) is 3.04. The van der Waals surface area contributed by atoms with Crippen molar-refractivity contribution in [3.05, 3.63) is 46.3 Å². The van der Waals surface area contributed by atoms with Crippen LogP contribution in [0.2, 0.25) is 0 Å². The van der Waals surface area contributed by atoms with E-state index in [1.807, 2.05) is 19.9 Å². The molecule has 3 rings (SSSR count). The van der Waals surface area contributed by atoms with Crippen LogP contribution in [-0.4, -0.2) is 21.9 Å². The smallest absolute Gasteiger partial charge is 0.340 e. The standard InChI is InChI=1S/C19H22O5/c1-6-18(2,3)12-8-10-7-11-9-13(19(4,5)22)23-15(11)14(20)16(10)24-17(12)21/h6-8,13,20,22H,1,9H2,2-5H3. The van der Waals surface area contributed by atoms with Crippen molar-refractivity contribution >= 4 is 11.0 Å². The monoisotopic (exact) mass is 330 g/mol. The lowest BCUT2D eigenvalue weighted by Gasteiger charge is -2.24. The molecule has 1 aliphatic heterocycles. The fourth-order valence-corrected chi connectivity index (χ4v) is 2.91. The molecule has 0 aliphatic carbocycles. The van der Waals surface area contributed by atoms with Crippen molar-refractivity contribution in [2.24, 2.45) is 0 Å². The second kappa shape index (κ2) is 5.11. The van der Waals surface area contributed by atoms with Gasteiger partial charge in [0.2, 0.25) is 5.75 Å². The fourth-order valence-electron chi connectivity index (χ4n) is 2.91. The van der Waals surface area contributed by atoms with Gasteiger partial charge in [0.05, 0.1) is 5.60 Å². The van der Waals surface area contributed by atoms with Crippen molar-refractivity contribution in [1.82, 2.24) is 0 Å². The summed E-state index contributed by atoms with van der Waals surface area (Å²) in [5, 5.41) is 21.2. The molecule has 0 fully saturated rings. The number of ether oxygens (including phenoxy) is 1. The molecular formula is C19H22O5. The van der Waals surface area contributed by atoms with E-state index in [1.54, 1.807) is 26.0 Å². The van der Waals surface area contributed by atoms with Crippen LogP contribution < -0.4 is 10.4 Å². The first kappa shape index (κ1) is 16.6. The number of aliphatic hydroxyl groups is 1. The van der Waals surface area contributed by atoms with Crippen LogP contribution in [0.4, 0.5) is 0 Å². The number of phenolic OH excluding ortho intramolecular Hbond substituents is 1. The highest BCUT2D eigenvalue weighted by atomic mass is 16.5. The summed E-state index contributed by atoms with van der Waals surface area (Å²) < 4.78 is 11.1. The minimum Gasteiger partial charge on any atom is -0.502 e. The average Bonchev–Trinajstić information content (AvgIpc) is 2.92. The Morgan fingerprint density at radius 3 is 2.54 bits per heavy atom. The van der Waals surface area contributed by atoms with E-state index in [0.717, 1.165) is 5.56 Å². The van der Waals surface area contributed by atoms with E-state index in [-0.39, 0.29) is 17.1 Å². The van der Waals surface area contributed by atoms with Crippen LogP contribution in [0.5, 0.6) is 11.5 Å². The Hall–Kier alpha value is -2.27. The minimum absolute atomic E-state index is 0.0961. The van der Waals surface area contributed by atoms with E-state index in [0.29, 0.717) is 17.4 Å². The molecule has 1 atom stereocenters. The third kappa shape index (κ3) is 2.49. The Balaban J connectivity index is 2.21. The molecule has 24 heavy (non-hydrogen) atoms. The fraction of sp³-hybridized carbons (Fsp3) is 0.421. The molecule has 0 radical (unpaired) electrons. The predicted molar refractivity (Wildman–Crippen MR) is 91.8 cm³/mol. The van der Waals surface area contributed by atoms with Gasteiger partial charge in [-0.15, -0.1) is 6.58 Å². The zero-order chi connectivity index (χ0) is 17.9. The molecule has 0 bridgehead atoms. The van der Waals surface area contributed by atoms with Gasteiger partial charge in [0.15, 0.2) is 11.3 Å². The van der Waals surface area contributed by atoms with E-state index in [4.69, 9.17) is 9.15 Å². The van der Waals surface area contributed by atoms with E-state index in [1.165, 1.54) is 0 Å². The topological polar surface area (TPSA) is 79.9 Å². The van der Waals surface area contributed by atoms with Crippen molar-refractivity contribution in [2.75, 3.05) is 0 Å². The quantitative estimate of drug-likeness (QED) is 0.668. The Labute approximate surface area is 140 Å². The number of benzene rings is 1. The maximum absolute atomic E-state index is 12.3. The molecule has 1 aromatic heterocycles. The van der Waals surface area contributed by atoms with Crippen molar-refractivity contribution < 1.29 is 19.4 Å². The molecule has 0 saturated carbocycles. The zero-order valence-corrected chi connectivity index (χ0v) is 14.3. The molecule has 2 N–H and O–H groups in total. The molecule has 1 unspecified atom stereocenters. The van der Waals surface area contributed by atoms with Crippen LogP contribution in [0.15, 0.2) is 34.0 Å². The van der Waals surface area contributed by atoms with E-state index in [2.05, 4.69) is 6.58 Å². The van der Waals surface area contributed by atoms with Crippen molar-refractivity contribution in [2.45, 2.75) is 51.2 Å². The molecule has 5 nitrogen and oxygen atoms in total. The van der Waals surface area contributed by atoms with Crippen molar-refractivity contribution in [3.8, 4) is 11.5 Å². The maximum Gasteiger partial charge on any atom is 0.340 e. The summed E-state index contributed by atoms with van der Waals surface area (Å²) in [6.07, 6.45) is 1.69. The van der Waals surface area contributed by atoms with Crippen LogP contribution in [0.25, 0.3) is 11.0 Å². The maximum atomic E-state index is 12.3. The van der Waals surface area contributed by atoms with Gasteiger partial charge < -0.3 is 19.4 Å². The van der Waals surface area contributed by atoms with Gasteiger partial charge in [-0.05, 0) is 26.0 Å². The molecular weight excluding hydrogens is 308 g/mol. The minimum atomic E-state index is -1.05. The molecule has 128 valence electrons. The number of aromatic hydroxyl groups is 1. The lowest BCUT2D eigenvalue weighted by Crippen LogP contribution is -2.39. The van der Waals surface area contributed by atoms with Gasteiger partial charge in [-0.3, -0.25) is 0 Å². The molecule has 2 aromatic rings. The summed E-state index contributed by atoms with van der Waals surface area (Å²) in [6.45, 7) is 10.8. The first-order valence-electron chi connectivity index (χ1n) is 7.90. The summed E-state index contributed by atoms with van der Waals surface area (Å²) in [7, 11) is 0. The van der Waals surface area contributed by atoms with Crippen LogP contribution >= 0.6 is 0 Å². The highest BCUT2D eigenvalue weighted by Gasteiger charge is 2.37. The molecule has 5 heteroatoms. The number of hydrogen-bond donors (Lipinski definition) is 2. The second-order valence-corrected chi connectivity index (χ2v) is 7.47. The lowest BCUT2D eigenvalue weighted by molar-refractivity contribution is -0.0235. The van der Waals surface area contributed by atoms with Gasteiger partial charge in [-0.25, -0.2) is 4.79 Å². The third-order valence-corrected chi connectivity index (χ3v) is 4.69. The number of rotatable bonds is 3. The Kier molecular flexibility index (Phi) is 3.53. The van der Waals surface area contributed by atoms with Gasteiger partial charge in [-0.1, -0.05) is 19.9 Å². The molecule has 1 aliphatic rings. The summed E-state index contributed by atoms with van der Waals surface area (Å²) >= 11 is 0. The molecule has 0 amide bonds. The van der Waals surface area contributed by atoms with E-state index in [9.17, 15) is 15.0 Å². The highest BCUT2D eigenvalue weighted by molar-refractivity contribution is 5.87. The first-order chi connectivity index (χ1) is 11.0. The van der Waals surface area contributed by atoms with Crippen molar-refractivity contribution in [3.63, 3.8) is 0 Å². The summed E-state index contributed by atoms with van der Waals surface area (Å²) in [4.78, 5) is 12.3. The van der Waals surface area contributed by atoms with E-state index < -0.39 is 22.7 Å².